The number of carbonyl (C=O) groups is 2. The Kier molecular flexibility index (Phi) is 8.80. The molecule has 2 amide bonds. The van der Waals surface area contributed by atoms with Crippen molar-refractivity contribution in [1.82, 2.24) is 10.2 Å². The van der Waals surface area contributed by atoms with Crippen molar-refractivity contribution in [3.8, 4) is 0 Å². The third-order valence-electron chi connectivity index (χ3n) is 6.63. The predicted octanol–water partition coefficient (Wildman–Crippen LogP) is 2.82. The molecule has 0 aromatic carbocycles. The molecule has 0 aromatic rings. The number of ether oxygens (including phenoxy) is 1. The predicted molar refractivity (Wildman–Crippen MR) is 125 cm³/mol. The van der Waals surface area contributed by atoms with Gasteiger partial charge in [0.25, 0.3) is 0 Å². The molecule has 1 heterocycles. The molecule has 2 saturated carbocycles. The first-order valence-electron chi connectivity index (χ1n) is 11.4. The van der Waals surface area contributed by atoms with Crippen molar-refractivity contribution in [2.24, 2.45) is 10.9 Å². The lowest BCUT2D eigenvalue weighted by Gasteiger charge is -2.41. The highest BCUT2D eigenvalue weighted by molar-refractivity contribution is 8.14. The summed E-state index contributed by atoms with van der Waals surface area (Å²) < 4.78 is 5.28. The standard InChI is InChI=1S/C21H33ClN4O5S/c1-12(11-31-3)25-20(28)15-6-4-5-7-17(15)24-21(25)32-13(2)19(27)23-18-10-14(26(29)30)8-9-16(18)22/h12-18H,4-11H2,1-3H3,(H,23,27). The minimum atomic E-state index is -0.688. The normalized spacial score (nSPS) is 32.5. The second-order valence-electron chi connectivity index (χ2n) is 9.03. The number of hydrogen-bond donors (Lipinski definition) is 1. The minimum Gasteiger partial charge on any atom is -0.383 e. The summed E-state index contributed by atoms with van der Waals surface area (Å²) in [5.74, 6) is -0.295. The second-order valence-corrected chi connectivity index (χ2v) is 10.9. The maximum Gasteiger partial charge on any atom is 0.234 e. The SMILES string of the molecule is COCC(C)N1C(=O)C2CCCCC2N=C1SC(C)C(=O)NC1CC([N+](=O)[O-])CCC1Cl. The van der Waals surface area contributed by atoms with Gasteiger partial charge in [0.1, 0.15) is 0 Å². The van der Waals surface area contributed by atoms with Crippen LogP contribution >= 0.6 is 23.4 Å². The van der Waals surface area contributed by atoms with Gasteiger partial charge in [-0.25, -0.2) is 0 Å². The third-order valence-corrected chi connectivity index (χ3v) is 8.23. The van der Waals surface area contributed by atoms with E-state index in [1.165, 1.54) is 11.8 Å². The number of hydrogen-bond acceptors (Lipinski definition) is 7. The number of nitro groups is 1. The van der Waals surface area contributed by atoms with Crippen molar-refractivity contribution >= 4 is 40.3 Å². The molecule has 180 valence electrons. The molecular weight excluding hydrogens is 456 g/mol. The van der Waals surface area contributed by atoms with Gasteiger partial charge in [-0.3, -0.25) is 29.6 Å². The Hall–Kier alpha value is -1.39. The van der Waals surface area contributed by atoms with Gasteiger partial charge in [0.2, 0.25) is 17.9 Å². The molecule has 2 aliphatic carbocycles. The first-order chi connectivity index (χ1) is 15.2. The number of nitrogens with zero attached hydrogens (tertiary/aromatic N) is 3. The number of alkyl halides is 1. The Morgan fingerprint density at radius 3 is 2.75 bits per heavy atom. The summed E-state index contributed by atoms with van der Waals surface area (Å²) in [6.45, 7) is 4.06. The van der Waals surface area contributed by atoms with Gasteiger partial charge in [-0.05, 0) is 33.1 Å². The van der Waals surface area contributed by atoms with Crippen molar-refractivity contribution in [3.63, 3.8) is 0 Å². The first kappa shape index (κ1) is 25.2. The molecule has 0 spiro atoms. The van der Waals surface area contributed by atoms with Crippen LogP contribution in [0.25, 0.3) is 0 Å². The van der Waals surface area contributed by atoms with Gasteiger partial charge in [0.05, 0.1) is 41.3 Å². The number of thioether (sulfide) groups is 1. The van der Waals surface area contributed by atoms with Crippen LogP contribution in [0.1, 0.15) is 58.8 Å². The maximum atomic E-state index is 13.3. The highest BCUT2D eigenvalue weighted by Gasteiger charge is 2.43. The van der Waals surface area contributed by atoms with Crippen molar-refractivity contribution in [3.05, 3.63) is 10.1 Å². The van der Waals surface area contributed by atoms with Crippen molar-refractivity contribution < 1.29 is 19.2 Å². The third kappa shape index (κ3) is 5.75. The first-order valence-corrected chi connectivity index (χ1v) is 12.7. The lowest BCUT2D eigenvalue weighted by atomic mass is 9.83. The summed E-state index contributed by atoms with van der Waals surface area (Å²) in [6.07, 6.45) is 4.94. The molecule has 1 aliphatic heterocycles. The summed E-state index contributed by atoms with van der Waals surface area (Å²) in [5.41, 5.74) is 0. The summed E-state index contributed by atoms with van der Waals surface area (Å²) in [6, 6.07) is -1.36. The highest BCUT2D eigenvalue weighted by atomic mass is 35.5. The van der Waals surface area contributed by atoms with Crippen molar-refractivity contribution in [2.75, 3.05) is 13.7 Å². The van der Waals surface area contributed by atoms with E-state index in [4.69, 9.17) is 21.3 Å². The van der Waals surface area contributed by atoms with Crippen LogP contribution in [0.5, 0.6) is 0 Å². The Morgan fingerprint density at radius 2 is 2.06 bits per heavy atom. The average Bonchev–Trinajstić information content (AvgIpc) is 2.75. The number of carbonyl (C=O) groups excluding carboxylic acids is 2. The molecular formula is C21H33ClN4O5S. The molecule has 0 bridgehead atoms. The number of amidine groups is 1. The molecule has 9 nitrogen and oxygen atoms in total. The van der Waals surface area contributed by atoms with Crippen LogP contribution in [-0.2, 0) is 14.3 Å². The zero-order chi connectivity index (χ0) is 23.4. The van der Waals surface area contributed by atoms with E-state index in [2.05, 4.69) is 5.32 Å². The van der Waals surface area contributed by atoms with Gasteiger partial charge in [-0.2, -0.15) is 0 Å². The van der Waals surface area contributed by atoms with Gasteiger partial charge in [0, 0.05) is 24.9 Å². The van der Waals surface area contributed by atoms with Gasteiger partial charge in [-0.15, -0.1) is 11.6 Å². The van der Waals surface area contributed by atoms with E-state index >= 15 is 0 Å². The Morgan fingerprint density at radius 1 is 1.34 bits per heavy atom. The van der Waals surface area contributed by atoms with E-state index in [0.29, 0.717) is 24.6 Å². The molecule has 3 rings (SSSR count). The number of amides is 2. The molecule has 2 fully saturated rings. The largest absolute Gasteiger partial charge is 0.383 e. The number of methoxy groups -OCH3 is 1. The molecule has 3 aliphatic rings. The van der Waals surface area contributed by atoms with E-state index in [9.17, 15) is 19.7 Å². The maximum absolute atomic E-state index is 13.3. The van der Waals surface area contributed by atoms with Gasteiger partial charge in [-0.1, -0.05) is 24.6 Å². The minimum absolute atomic E-state index is 0.0357. The van der Waals surface area contributed by atoms with E-state index in [1.54, 1.807) is 18.9 Å². The number of nitrogens with one attached hydrogen (secondary N) is 1. The molecule has 7 atom stereocenters. The van der Waals surface area contributed by atoms with E-state index in [-0.39, 0.29) is 46.5 Å². The fourth-order valence-corrected chi connectivity index (χ4v) is 6.17. The number of aliphatic imine (C=N–C) groups is 1. The summed E-state index contributed by atoms with van der Waals surface area (Å²) >= 11 is 7.61. The monoisotopic (exact) mass is 488 g/mol. The van der Waals surface area contributed by atoms with Gasteiger partial charge in [0.15, 0.2) is 5.17 Å². The molecule has 11 heteroatoms. The highest BCUT2D eigenvalue weighted by Crippen LogP contribution is 2.35. The zero-order valence-corrected chi connectivity index (χ0v) is 20.4. The molecule has 0 saturated heterocycles. The summed E-state index contributed by atoms with van der Waals surface area (Å²) in [4.78, 5) is 43.7. The Balaban J connectivity index is 1.71. The second kappa shape index (κ2) is 11.2. The topological polar surface area (TPSA) is 114 Å². The van der Waals surface area contributed by atoms with Gasteiger partial charge < -0.3 is 10.1 Å². The lowest BCUT2D eigenvalue weighted by molar-refractivity contribution is -0.526. The van der Waals surface area contributed by atoms with Crippen LogP contribution < -0.4 is 5.32 Å². The van der Waals surface area contributed by atoms with Crippen molar-refractivity contribution in [2.45, 2.75) is 93.6 Å². The van der Waals surface area contributed by atoms with Crippen LogP contribution in [-0.4, -0.2) is 75.3 Å². The molecule has 7 unspecified atom stereocenters. The molecule has 0 radical (unpaired) electrons. The summed E-state index contributed by atoms with van der Waals surface area (Å²) in [5, 5.41) is 13.8. The van der Waals surface area contributed by atoms with E-state index < -0.39 is 17.3 Å². The average molecular weight is 489 g/mol. The summed E-state index contributed by atoms with van der Waals surface area (Å²) in [7, 11) is 1.60. The fourth-order valence-electron chi connectivity index (χ4n) is 4.80. The molecule has 0 aromatic heterocycles. The Labute approximate surface area is 198 Å². The molecule has 32 heavy (non-hydrogen) atoms. The van der Waals surface area contributed by atoms with E-state index in [1.807, 2.05) is 6.92 Å². The van der Waals surface area contributed by atoms with Crippen LogP contribution in [0.3, 0.4) is 0 Å². The van der Waals surface area contributed by atoms with Crippen LogP contribution in [0.4, 0.5) is 0 Å². The Bertz CT molecular complexity index is 754. The molecule has 1 N–H and O–H groups in total. The number of fused-ring (bicyclic) bond motifs is 1. The van der Waals surface area contributed by atoms with Gasteiger partial charge >= 0.3 is 0 Å². The fraction of sp³-hybridized carbons (Fsp3) is 0.857. The number of rotatable bonds is 7. The van der Waals surface area contributed by atoms with E-state index in [0.717, 1.165) is 25.7 Å². The van der Waals surface area contributed by atoms with Crippen LogP contribution in [0, 0.1) is 16.0 Å². The number of halogens is 1. The zero-order valence-electron chi connectivity index (χ0n) is 18.9. The quantitative estimate of drug-likeness (QED) is 0.335. The smallest absolute Gasteiger partial charge is 0.234 e. The van der Waals surface area contributed by atoms with Crippen molar-refractivity contribution in [1.29, 1.82) is 0 Å². The van der Waals surface area contributed by atoms with Crippen LogP contribution in [0.15, 0.2) is 4.99 Å². The lowest BCUT2D eigenvalue weighted by Crippen LogP contribution is -2.54. The van der Waals surface area contributed by atoms with Crippen LogP contribution in [0.2, 0.25) is 0 Å².